The van der Waals surface area contributed by atoms with Crippen molar-refractivity contribution in [2.24, 2.45) is 11.8 Å². The largest absolute Gasteiger partial charge is 0.325 e. The van der Waals surface area contributed by atoms with Crippen molar-refractivity contribution in [1.29, 1.82) is 0 Å². The molecule has 0 bridgehead atoms. The molecule has 0 spiro atoms. The molecule has 6 heteroatoms. The Labute approximate surface area is 109 Å². The highest BCUT2D eigenvalue weighted by Crippen LogP contribution is 2.21. The van der Waals surface area contributed by atoms with E-state index in [2.05, 4.69) is 10.6 Å². The maximum atomic E-state index is 13.1. The van der Waals surface area contributed by atoms with Gasteiger partial charge in [0.15, 0.2) is 0 Å². The van der Waals surface area contributed by atoms with Gasteiger partial charge in [-0.2, -0.15) is 0 Å². The van der Waals surface area contributed by atoms with E-state index in [1.54, 1.807) is 6.92 Å². The zero-order valence-corrected chi connectivity index (χ0v) is 10.5. The van der Waals surface area contributed by atoms with Crippen LogP contribution in [0.1, 0.15) is 12.5 Å². The van der Waals surface area contributed by atoms with Crippen molar-refractivity contribution in [3.05, 3.63) is 29.6 Å². The van der Waals surface area contributed by atoms with Gasteiger partial charge in [0.25, 0.3) is 0 Å². The number of amides is 3. The fourth-order valence-electron chi connectivity index (χ4n) is 1.98. The van der Waals surface area contributed by atoms with Crippen LogP contribution in [-0.2, 0) is 14.4 Å². The predicted molar refractivity (Wildman–Crippen MR) is 65.6 cm³/mol. The monoisotopic (exact) mass is 264 g/mol. The molecule has 5 nitrogen and oxygen atoms in total. The lowest BCUT2D eigenvalue weighted by Gasteiger charge is -2.12. The summed E-state index contributed by atoms with van der Waals surface area (Å²) in [7, 11) is 0. The molecule has 2 N–H and O–H groups in total. The van der Waals surface area contributed by atoms with Gasteiger partial charge in [0.05, 0.1) is 5.92 Å². The minimum Gasteiger partial charge on any atom is -0.325 e. The first kappa shape index (κ1) is 13.2. The first-order chi connectivity index (χ1) is 8.90. The average molecular weight is 264 g/mol. The molecule has 1 fully saturated rings. The van der Waals surface area contributed by atoms with Crippen LogP contribution < -0.4 is 10.6 Å². The second kappa shape index (κ2) is 4.79. The number of carbonyl (C=O) groups is 3. The first-order valence-corrected chi connectivity index (χ1v) is 5.82. The van der Waals surface area contributed by atoms with Crippen LogP contribution in [0.2, 0.25) is 0 Å². The highest BCUT2D eigenvalue weighted by atomic mass is 19.1. The quantitative estimate of drug-likeness (QED) is 0.617. The molecule has 1 saturated heterocycles. The molecule has 1 aliphatic rings. The number of carbonyl (C=O) groups excluding carboxylic acids is 3. The van der Waals surface area contributed by atoms with Crippen molar-refractivity contribution in [2.75, 3.05) is 5.32 Å². The van der Waals surface area contributed by atoms with E-state index in [9.17, 15) is 18.8 Å². The van der Waals surface area contributed by atoms with Crippen molar-refractivity contribution in [3.63, 3.8) is 0 Å². The van der Waals surface area contributed by atoms with Gasteiger partial charge < -0.3 is 5.32 Å². The molecule has 2 atom stereocenters. The van der Waals surface area contributed by atoms with E-state index >= 15 is 0 Å². The molecule has 1 aromatic rings. The number of hydrogen-bond acceptors (Lipinski definition) is 3. The van der Waals surface area contributed by atoms with Crippen LogP contribution in [0.15, 0.2) is 18.2 Å². The summed E-state index contributed by atoms with van der Waals surface area (Å²) in [6.45, 7) is 3.08. The predicted octanol–water partition coefficient (Wildman–Crippen LogP) is 0.981. The Morgan fingerprint density at radius 2 is 2.00 bits per heavy atom. The average Bonchev–Trinajstić information content (AvgIpc) is 2.58. The van der Waals surface area contributed by atoms with E-state index in [0.717, 1.165) is 0 Å². The Kier molecular flexibility index (Phi) is 3.33. The molecule has 2 unspecified atom stereocenters. The normalized spacial score (nSPS) is 22.3. The standard InChI is InChI=1S/C13H13FN2O3/c1-6-5-8(3-4-9(6)14)15-12(18)10-7(2)11(17)16-13(10)19/h3-5,7,10H,1-2H3,(H,15,18)(H,16,17,19). The Morgan fingerprint density at radius 3 is 2.53 bits per heavy atom. The number of anilines is 1. The lowest BCUT2D eigenvalue weighted by molar-refractivity contribution is -0.131. The second-order valence-corrected chi connectivity index (χ2v) is 4.57. The molecular formula is C13H13FN2O3. The molecule has 0 aromatic heterocycles. The Bertz CT molecular complexity index is 571. The van der Waals surface area contributed by atoms with Crippen LogP contribution in [0.25, 0.3) is 0 Å². The topological polar surface area (TPSA) is 75.3 Å². The fraction of sp³-hybridized carbons (Fsp3) is 0.308. The third-order valence-electron chi connectivity index (χ3n) is 3.15. The van der Waals surface area contributed by atoms with Gasteiger partial charge in [-0.25, -0.2) is 4.39 Å². The Balaban J connectivity index is 2.15. The molecule has 1 heterocycles. The maximum absolute atomic E-state index is 13.1. The summed E-state index contributed by atoms with van der Waals surface area (Å²) >= 11 is 0. The Hall–Kier alpha value is -2.24. The van der Waals surface area contributed by atoms with E-state index < -0.39 is 29.6 Å². The second-order valence-electron chi connectivity index (χ2n) is 4.57. The Morgan fingerprint density at radius 1 is 1.32 bits per heavy atom. The van der Waals surface area contributed by atoms with E-state index in [-0.39, 0.29) is 5.82 Å². The summed E-state index contributed by atoms with van der Waals surface area (Å²) in [5.74, 6) is -3.75. The van der Waals surface area contributed by atoms with Gasteiger partial charge in [-0.05, 0) is 30.7 Å². The third-order valence-corrected chi connectivity index (χ3v) is 3.15. The first-order valence-electron chi connectivity index (χ1n) is 5.82. The van der Waals surface area contributed by atoms with Crippen molar-refractivity contribution >= 4 is 23.4 Å². The van der Waals surface area contributed by atoms with E-state index in [4.69, 9.17) is 0 Å². The van der Waals surface area contributed by atoms with Crippen molar-refractivity contribution in [3.8, 4) is 0 Å². The minimum absolute atomic E-state index is 0.375. The molecule has 0 aliphatic carbocycles. The SMILES string of the molecule is Cc1cc(NC(=O)C2C(=O)NC(=O)C2C)ccc1F. The summed E-state index contributed by atoms with van der Waals surface area (Å²) < 4.78 is 13.1. The summed E-state index contributed by atoms with van der Waals surface area (Å²) in [4.78, 5) is 34.7. The van der Waals surface area contributed by atoms with Crippen molar-refractivity contribution < 1.29 is 18.8 Å². The number of rotatable bonds is 2. The molecule has 19 heavy (non-hydrogen) atoms. The molecule has 1 aliphatic heterocycles. The van der Waals surface area contributed by atoms with Crippen LogP contribution in [-0.4, -0.2) is 17.7 Å². The molecule has 3 amide bonds. The summed E-state index contributed by atoms with van der Waals surface area (Å²) in [5, 5.41) is 4.62. The van der Waals surface area contributed by atoms with Gasteiger partial charge in [0, 0.05) is 5.69 Å². The number of hydrogen-bond donors (Lipinski definition) is 2. The minimum atomic E-state index is -1.04. The van der Waals surface area contributed by atoms with Gasteiger partial charge in [0.1, 0.15) is 11.7 Å². The van der Waals surface area contributed by atoms with Gasteiger partial charge in [-0.15, -0.1) is 0 Å². The lowest BCUT2D eigenvalue weighted by Crippen LogP contribution is -2.32. The zero-order valence-electron chi connectivity index (χ0n) is 10.5. The van der Waals surface area contributed by atoms with Crippen molar-refractivity contribution in [2.45, 2.75) is 13.8 Å². The molecule has 0 radical (unpaired) electrons. The molecule has 0 saturated carbocycles. The third kappa shape index (κ3) is 2.47. The number of aryl methyl sites for hydroxylation is 1. The van der Waals surface area contributed by atoms with E-state index in [1.165, 1.54) is 25.1 Å². The van der Waals surface area contributed by atoms with Crippen LogP contribution >= 0.6 is 0 Å². The molecule has 100 valence electrons. The maximum Gasteiger partial charge on any atom is 0.239 e. The highest BCUT2D eigenvalue weighted by molar-refractivity contribution is 6.17. The number of halogens is 1. The summed E-state index contributed by atoms with van der Waals surface area (Å²) in [6.07, 6.45) is 0. The number of nitrogens with one attached hydrogen (secondary N) is 2. The zero-order chi connectivity index (χ0) is 14.2. The van der Waals surface area contributed by atoms with Crippen LogP contribution in [0.3, 0.4) is 0 Å². The smallest absolute Gasteiger partial charge is 0.239 e. The van der Waals surface area contributed by atoms with Gasteiger partial charge in [-0.3, -0.25) is 19.7 Å². The van der Waals surface area contributed by atoms with Crippen LogP contribution in [0, 0.1) is 24.6 Å². The summed E-state index contributed by atoms with van der Waals surface area (Å²) in [6, 6.07) is 4.10. The van der Waals surface area contributed by atoms with Gasteiger partial charge in [-0.1, -0.05) is 6.92 Å². The molecule has 1 aromatic carbocycles. The van der Waals surface area contributed by atoms with Crippen LogP contribution in [0.4, 0.5) is 10.1 Å². The fourth-order valence-corrected chi connectivity index (χ4v) is 1.98. The van der Waals surface area contributed by atoms with E-state index in [1.807, 2.05) is 0 Å². The van der Waals surface area contributed by atoms with Crippen molar-refractivity contribution in [1.82, 2.24) is 5.32 Å². The van der Waals surface area contributed by atoms with Crippen LogP contribution in [0.5, 0.6) is 0 Å². The van der Waals surface area contributed by atoms with Gasteiger partial charge in [0.2, 0.25) is 17.7 Å². The lowest BCUT2D eigenvalue weighted by atomic mass is 9.96. The molecular weight excluding hydrogens is 251 g/mol. The van der Waals surface area contributed by atoms with Gasteiger partial charge >= 0.3 is 0 Å². The summed E-state index contributed by atoms with van der Waals surface area (Å²) in [5.41, 5.74) is 0.779. The number of benzene rings is 1. The molecule has 2 rings (SSSR count). The highest BCUT2D eigenvalue weighted by Gasteiger charge is 2.43. The van der Waals surface area contributed by atoms with E-state index in [0.29, 0.717) is 11.3 Å². The number of imide groups is 1.